The van der Waals surface area contributed by atoms with Crippen LogP contribution in [0.3, 0.4) is 0 Å². The van der Waals surface area contributed by atoms with Gasteiger partial charge in [0.15, 0.2) is 5.82 Å². The maximum absolute atomic E-state index is 4.48. The van der Waals surface area contributed by atoms with E-state index in [1.807, 2.05) is 23.0 Å². The van der Waals surface area contributed by atoms with Crippen LogP contribution in [-0.2, 0) is 0 Å². The van der Waals surface area contributed by atoms with Crippen molar-refractivity contribution < 1.29 is 0 Å². The summed E-state index contributed by atoms with van der Waals surface area (Å²) in [6, 6.07) is 2.00. The molecule has 3 rings (SSSR count). The number of aromatic nitrogens is 3. The second kappa shape index (κ2) is 5.54. The zero-order valence-electron chi connectivity index (χ0n) is 11.3. The lowest BCUT2D eigenvalue weighted by Crippen LogP contribution is -2.46. The first-order valence-corrected chi connectivity index (χ1v) is 6.77. The summed E-state index contributed by atoms with van der Waals surface area (Å²) in [4.78, 5) is 9.17. The van der Waals surface area contributed by atoms with Crippen LogP contribution in [0.25, 0.3) is 5.52 Å². The standard InChI is InChI=1S/C13H20N6/c1-17(10-11-18-7-4-14-5-8-18)13-12-2-3-16-19(12)9-6-15-13/h2-3,6,9,14H,4-5,7-8,10-11H2,1H3. The average molecular weight is 260 g/mol. The third kappa shape index (κ3) is 2.69. The third-order valence-corrected chi connectivity index (χ3v) is 3.63. The predicted molar refractivity (Wildman–Crippen MR) is 75.6 cm³/mol. The summed E-state index contributed by atoms with van der Waals surface area (Å²) in [6.07, 6.45) is 5.49. The minimum atomic E-state index is 0.984. The molecule has 1 fully saturated rings. The number of nitrogens with one attached hydrogen (secondary N) is 1. The third-order valence-electron chi connectivity index (χ3n) is 3.63. The van der Waals surface area contributed by atoms with Gasteiger partial charge in [0.05, 0.1) is 6.20 Å². The van der Waals surface area contributed by atoms with E-state index in [-0.39, 0.29) is 0 Å². The molecule has 1 saturated heterocycles. The largest absolute Gasteiger partial charge is 0.357 e. The van der Waals surface area contributed by atoms with E-state index in [1.165, 1.54) is 0 Å². The number of hydrogen-bond donors (Lipinski definition) is 1. The van der Waals surface area contributed by atoms with Gasteiger partial charge in [0.2, 0.25) is 0 Å². The fourth-order valence-corrected chi connectivity index (χ4v) is 2.47. The van der Waals surface area contributed by atoms with Crippen LogP contribution < -0.4 is 10.2 Å². The second-order valence-electron chi connectivity index (χ2n) is 4.93. The molecule has 0 saturated carbocycles. The number of piperazine rings is 1. The van der Waals surface area contributed by atoms with Crippen molar-refractivity contribution in [1.29, 1.82) is 0 Å². The van der Waals surface area contributed by atoms with Gasteiger partial charge in [-0.25, -0.2) is 9.50 Å². The van der Waals surface area contributed by atoms with Crippen LogP contribution in [0.4, 0.5) is 5.82 Å². The highest BCUT2D eigenvalue weighted by Crippen LogP contribution is 2.16. The molecule has 0 aromatic carbocycles. The maximum atomic E-state index is 4.48. The number of anilines is 1. The van der Waals surface area contributed by atoms with E-state index >= 15 is 0 Å². The Morgan fingerprint density at radius 1 is 1.32 bits per heavy atom. The molecule has 1 N–H and O–H groups in total. The molecule has 1 aliphatic rings. The van der Waals surface area contributed by atoms with E-state index in [9.17, 15) is 0 Å². The molecule has 19 heavy (non-hydrogen) atoms. The van der Waals surface area contributed by atoms with E-state index < -0.39 is 0 Å². The van der Waals surface area contributed by atoms with Crippen LogP contribution in [0.1, 0.15) is 0 Å². The summed E-state index contributed by atoms with van der Waals surface area (Å²) >= 11 is 0. The maximum Gasteiger partial charge on any atom is 0.154 e. The molecule has 3 heterocycles. The molecule has 0 amide bonds. The fourth-order valence-electron chi connectivity index (χ4n) is 2.47. The van der Waals surface area contributed by atoms with Crippen molar-refractivity contribution >= 4 is 11.3 Å². The minimum absolute atomic E-state index is 0.984. The molecule has 6 nitrogen and oxygen atoms in total. The van der Waals surface area contributed by atoms with Crippen molar-refractivity contribution in [2.45, 2.75) is 0 Å². The highest BCUT2D eigenvalue weighted by molar-refractivity contribution is 5.67. The Hall–Kier alpha value is -1.66. The summed E-state index contributed by atoms with van der Waals surface area (Å²) < 4.78 is 1.86. The molecular formula is C13H20N6. The van der Waals surface area contributed by atoms with Crippen molar-refractivity contribution in [3.05, 3.63) is 24.7 Å². The van der Waals surface area contributed by atoms with E-state index in [0.717, 1.165) is 50.6 Å². The lowest BCUT2D eigenvalue weighted by Gasteiger charge is -2.29. The van der Waals surface area contributed by atoms with Gasteiger partial charge in [-0.05, 0) is 6.07 Å². The Kier molecular flexibility index (Phi) is 3.61. The predicted octanol–water partition coefficient (Wildman–Crippen LogP) is 0.0707. The first kappa shape index (κ1) is 12.4. The second-order valence-corrected chi connectivity index (χ2v) is 4.93. The van der Waals surface area contributed by atoms with Gasteiger partial charge in [-0.15, -0.1) is 0 Å². The van der Waals surface area contributed by atoms with Crippen LogP contribution >= 0.6 is 0 Å². The lowest BCUT2D eigenvalue weighted by molar-refractivity contribution is 0.246. The van der Waals surface area contributed by atoms with Crippen LogP contribution in [0.2, 0.25) is 0 Å². The number of hydrogen-bond acceptors (Lipinski definition) is 5. The van der Waals surface area contributed by atoms with E-state index in [4.69, 9.17) is 0 Å². The Morgan fingerprint density at radius 3 is 3.00 bits per heavy atom. The van der Waals surface area contributed by atoms with Crippen molar-refractivity contribution in [2.24, 2.45) is 0 Å². The lowest BCUT2D eigenvalue weighted by atomic mass is 10.3. The molecular weight excluding hydrogens is 240 g/mol. The van der Waals surface area contributed by atoms with Crippen LogP contribution in [0.5, 0.6) is 0 Å². The topological polar surface area (TPSA) is 48.7 Å². The van der Waals surface area contributed by atoms with Crippen molar-refractivity contribution in [3.63, 3.8) is 0 Å². The fraction of sp³-hybridized carbons (Fsp3) is 0.538. The number of nitrogens with zero attached hydrogens (tertiary/aromatic N) is 5. The molecule has 0 unspecified atom stereocenters. The molecule has 0 spiro atoms. The van der Waals surface area contributed by atoms with E-state index in [2.05, 4.69) is 32.2 Å². The smallest absolute Gasteiger partial charge is 0.154 e. The Balaban J connectivity index is 1.66. The van der Waals surface area contributed by atoms with Gasteiger partial charge < -0.3 is 10.2 Å². The Bertz CT molecular complexity index is 531. The summed E-state index contributed by atoms with van der Waals surface area (Å²) in [5, 5.41) is 7.62. The minimum Gasteiger partial charge on any atom is -0.357 e. The summed E-state index contributed by atoms with van der Waals surface area (Å²) in [5.41, 5.74) is 1.06. The average Bonchev–Trinajstić information content (AvgIpc) is 2.94. The molecule has 0 aliphatic carbocycles. The van der Waals surface area contributed by atoms with Crippen LogP contribution in [0.15, 0.2) is 24.7 Å². The van der Waals surface area contributed by atoms with Gasteiger partial charge in [-0.1, -0.05) is 0 Å². The number of rotatable bonds is 4. The Morgan fingerprint density at radius 2 is 2.16 bits per heavy atom. The quantitative estimate of drug-likeness (QED) is 0.843. The summed E-state index contributed by atoms with van der Waals surface area (Å²) in [7, 11) is 2.09. The Labute approximate surface area is 113 Å². The first-order chi connectivity index (χ1) is 9.34. The van der Waals surface area contributed by atoms with Crippen molar-refractivity contribution in [3.8, 4) is 0 Å². The highest BCUT2D eigenvalue weighted by Gasteiger charge is 2.12. The van der Waals surface area contributed by atoms with Gasteiger partial charge in [-0.2, -0.15) is 5.10 Å². The number of likely N-dealkylation sites (N-methyl/N-ethyl adjacent to an activating group) is 1. The van der Waals surface area contributed by atoms with Crippen molar-refractivity contribution in [2.75, 3.05) is 51.2 Å². The normalized spacial score (nSPS) is 16.9. The van der Waals surface area contributed by atoms with Gasteiger partial charge in [0, 0.05) is 58.7 Å². The SMILES string of the molecule is CN(CCN1CCNCC1)c1nccn2nccc12. The molecule has 1 aliphatic heterocycles. The molecule has 6 heteroatoms. The highest BCUT2D eigenvalue weighted by atomic mass is 15.3. The van der Waals surface area contributed by atoms with E-state index in [0.29, 0.717) is 0 Å². The molecule has 0 atom stereocenters. The van der Waals surface area contributed by atoms with Crippen LogP contribution in [-0.4, -0.2) is 65.8 Å². The molecule has 2 aromatic rings. The zero-order chi connectivity index (χ0) is 13.1. The molecule has 102 valence electrons. The van der Waals surface area contributed by atoms with E-state index in [1.54, 1.807) is 6.20 Å². The summed E-state index contributed by atoms with van der Waals surface area (Å²) in [6.45, 7) is 6.53. The van der Waals surface area contributed by atoms with Gasteiger partial charge in [0.1, 0.15) is 5.52 Å². The molecule has 2 aromatic heterocycles. The first-order valence-electron chi connectivity index (χ1n) is 6.77. The van der Waals surface area contributed by atoms with Gasteiger partial charge in [0.25, 0.3) is 0 Å². The van der Waals surface area contributed by atoms with Crippen LogP contribution in [0, 0.1) is 0 Å². The van der Waals surface area contributed by atoms with Crippen molar-refractivity contribution in [1.82, 2.24) is 24.8 Å². The monoisotopic (exact) mass is 260 g/mol. The summed E-state index contributed by atoms with van der Waals surface area (Å²) in [5.74, 6) is 0.995. The molecule has 0 radical (unpaired) electrons. The zero-order valence-corrected chi connectivity index (χ0v) is 11.3. The van der Waals surface area contributed by atoms with Gasteiger partial charge >= 0.3 is 0 Å². The number of fused-ring (bicyclic) bond motifs is 1. The molecule has 0 bridgehead atoms. The van der Waals surface area contributed by atoms with Gasteiger partial charge in [-0.3, -0.25) is 4.90 Å².